The molecule has 0 unspecified atom stereocenters. The van der Waals surface area contributed by atoms with Gasteiger partial charge in [-0.15, -0.1) is 0 Å². The highest BCUT2D eigenvalue weighted by molar-refractivity contribution is 5.63. The third-order valence-electron chi connectivity index (χ3n) is 5.00. The van der Waals surface area contributed by atoms with Crippen LogP contribution in [0.3, 0.4) is 0 Å². The summed E-state index contributed by atoms with van der Waals surface area (Å²) in [4.78, 5) is 25.3. The second-order valence-corrected chi connectivity index (χ2v) is 7.32. The van der Waals surface area contributed by atoms with Gasteiger partial charge in [0.05, 0.1) is 12.1 Å². The monoisotopic (exact) mass is 405 g/mol. The summed E-state index contributed by atoms with van der Waals surface area (Å²) in [7, 11) is 0. The van der Waals surface area contributed by atoms with Crippen LogP contribution in [0.5, 0.6) is 17.2 Å². The Bertz CT molecular complexity index is 1330. The molecule has 1 aromatic carbocycles. The Kier molecular flexibility index (Phi) is 5.18. The highest BCUT2D eigenvalue weighted by atomic mass is 16.5. The van der Waals surface area contributed by atoms with Crippen LogP contribution < -0.4 is 20.7 Å². The van der Waals surface area contributed by atoms with Crippen molar-refractivity contribution in [2.75, 3.05) is 6.61 Å². The molecule has 4 aromatic rings. The largest absolute Gasteiger partial charge is 0.488 e. The first kappa shape index (κ1) is 19.6. The van der Waals surface area contributed by atoms with Crippen LogP contribution >= 0.6 is 0 Å². The van der Waals surface area contributed by atoms with Gasteiger partial charge in [0, 0.05) is 24.7 Å². The van der Waals surface area contributed by atoms with E-state index in [4.69, 9.17) is 9.47 Å². The molecule has 0 saturated heterocycles. The molecule has 4 rings (SSSR count). The second-order valence-electron chi connectivity index (χ2n) is 7.32. The van der Waals surface area contributed by atoms with E-state index < -0.39 is 11.2 Å². The number of nitrogens with one attached hydrogen (secondary N) is 1. The molecule has 30 heavy (non-hydrogen) atoms. The maximum atomic E-state index is 11.8. The molecule has 0 aliphatic rings. The first-order chi connectivity index (χ1) is 14.4. The Labute approximate surface area is 173 Å². The van der Waals surface area contributed by atoms with E-state index in [1.165, 1.54) is 16.8 Å². The molecule has 0 amide bonds. The molecule has 0 aliphatic carbocycles. The van der Waals surface area contributed by atoms with Crippen LogP contribution in [-0.2, 0) is 6.54 Å². The van der Waals surface area contributed by atoms with Crippen molar-refractivity contribution in [3.63, 3.8) is 0 Å². The van der Waals surface area contributed by atoms with Crippen molar-refractivity contribution in [3.8, 4) is 17.2 Å². The maximum absolute atomic E-state index is 11.8. The van der Waals surface area contributed by atoms with Crippen molar-refractivity contribution in [3.05, 3.63) is 92.5 Å². The number of fused-ring (bicyclic) bond motifs is 1. The van der Waals surface area contributed by atoms with Crippen LogP contribution in [0, 0.1) is 20.8 Å². The Hall–Kier alpha value is -3.74. The van der Waals surface area contributed by atoms with E-state index in [2.05, 4.69) is 4.98 Å². The lowest BCUT2D eigenvalue weighted by Gasteiger charge is -2.16. The molecule has 3 heterocycles. The van der Waals surface area contributed by atoms with Crippen molar-refractivity contribution in [2.24, 2.45) is 0 Å². The van der Waals surface area contributed by atoms with Gasteiger partial charge in [0.25, 0.3) is 5.56 Å². The average Bonchev–Trinajstić information content (AvgIpc) is 3.15. The average molecular weight is 405 g/mol. The fraction of sp³-hybridized carbons (Fsp3) is 0.217. The lowest BCUT2D eigenvalue weighted by Crippen LogP contribution is -2.30. The van der Waals surface area contributed by atoms with Gasteiger partial charge < -0.3 is 13.9 Å². The molecule has 0 fully saturated rings. The number of ether oxygens (including phenoxy) is 2. The number of nitrogens with zero attached hydrogens (tertiary/aromatic N) is 2. The van der Waals surface area contributed by atoms with Gasteiger partial charge in [0.15, 0.2) is 17.2 Å². The van der Waals surface area contributed by atoms with Crippen LogP contribution in [0.25, 0.3) is 5.52 Å². The number of rotatable bonds is 6. The molecule has 0 aliphatic heterocycles. The van der Waals surface area contributed by atoms with Crippen LogP contribution in [0.4, 0.5) is 0 Å². The summed E-state index contributed by atoms with van der Waals surface area (Å²) in [5.41, 5.74) is 3.33. The smallest absolute Gasteiger partial charge is 0.328 e. The summed E-state index contributed by atoms with van der Waals surface area (Å²) in [6, 6.07) is 11.2. The summed E-state index contributed by atoms with van der Waals surface area (Å²) >= 11 is 0. The van der Waals surface area contributed by atoms with Crippen molar-refractivity contribution in [1.82, 2.24) is 14.0 Å². The topological polar surface area (TPSA) is 77.7 Å². The van der Waals surface area contributed by atoms with Crippen molar-refractivity contribution in [2.45, 2.75) is 27.3 Å². The molecule has 0 radical (unpaired) electrons. The summed E-state index contributed by atoms with van der Waals surface area (Å²) in [6.07, 6.45) is 5.48. The van der Waals surface area contributed by atoms with E-state index in [1.807, 2.05) is 67.9 Å². The summed E-state index contributed by atoms with van der Waals surface area (Å²) in [5, 5.41) is 0. The molecule has 3 aromatic heterocycles. The zero-order valence-electron chi connectivity index (χ0n) is 17.1. The second kappa shape index (κ2) is 7.94. The van der Waals surface area contributed by atoms with E-state index in [0.29, 0.717) is 18.0 Å². The Morgan fingerprint density at radius 2 is 1.70 bits per heavy atom. The number of hydrogen-bond donors (Lipinski definition) is 1. The molecule has 0 bridgehead atoms. The van der Waals surface area contributed by atoms with Gasteiger partial charge in [-0.25, -0.2) is 4.79 Å². The summed E-state index contributed by atoms with van der Waals surface area (Å²) < 4.78 is 15.7. The van der Waals surface area contributed by atoms with Gasteiger partial charge in [-0.2, -0.15) is 0 Å². The molecular formula is C23H23N3O4. The van der Waals surface area contributed by atoms with Gasteiger partial charge in [0.2, 0.25) is 0 Å². The summed E-state index contributed by atoms with van der Waals surface area (Å²) in [5.74, 6) is 1.95. The Morgan fingerprint density at radius 1 is 0.933 bits per heavy atom. The standard InChI is InChI=1S/C23H23N3O4/c1-15-11-19(18-5-4-7-26(18)14-15)30-21-13-17(3)16(2)12-20(21)29-10-9-25-8-6-22(27)24-23(25)28/h4-8,11-14H,9-10H2,1-3H3,(H,24,27,28). The third-order valence-corrected chi connectivity index (χ3v) is 5.00. The van der Waals surface area contributed by atoms with Crippen molar-refractivity contribution >= 4 is 5.52 Å². The number of pyridine rings is 1. The van der Waals surface area contributed by atoms with Crippen LogP contribution in [-0.4, -0.2) is 20.6 Å². The maximum Gasteiger partial charge on any atom is 0.328 e. The minimum atomic E-state index is -0.460. The normalized spacial score (nSPS) is 11.0. The lowest BCUT2D eigenvalue weighted by molar-refractivity contribution is 0.283. The predicted molar refractivity (Wildman–Crippen MR) is 115 cm³/mol. The van der Waals surface area contributed by atoms with Crippen LogP contribution in [0.15, 0.2) is 64.6 Å². The first-order valence-electron chi connectivity index (χ1n) is 9.70. The van der Waals surface area contributed by atoms with E-state index in [1.54, 1.807) is 0 Å². The summed E-state index contributed by atoms with van der Waals surface area (Å²) in [6.45, 7) is 6.60. The highest BCUT2D eigenvalue weighted by Crippen LogP contribution is 2.36. The van der Waals surface area contributed by atoms with Crippen molar-refractivity contribution in [1.29, 1.82) is 0 Å². The van der Waals surface area contributed by atoms with Crippen LogP contribution in [0.2, 0.25) is 0 Å². The van der Waals surface area contributed by atoms with Gasteiger partial charge in [-0.05, 0) is 67.8 Å². The number of aryl methyl sites for hydroxylation is 3. The lowest BCUT2D eigenvalue weighted by atomic mass is 10.1. The number of aromatic amines is 1. The van der Waals surface area contributed by atoms with E-state index in [9.17, 15) is 9.59 Å². The van der Waals surface area contributed by atoms with Crippen LogP contribution in [0.1, 0.15) is 16.7 Å². The molecule has 0 spiro atoms. The first-order valence-corrected chi connectivity index (χ1v) is 9.70. The number of benzene rings is 1. The highest BCUT2D eigenvalue weighted by Gasteiger charge is 2.12. The quantitative estimate of drug-likeness (QED) is 0.532. The molecule has 154 valence electrons. The molecule has 7 heteroatoms. The SMILES string of the molecule is Cc1cc(Oc2cc(C)c(C)cc2OCCn2ccc(=O)[nH]c2=O)c2cccn2c1. The fourth-order valence-corrected chi connectivity index (χ4v) is 3.28. The van der Waals surface area contributed by atoms with E-state index in [0.717, 1.165) is 28.0 Å². The van der Waals surface area contributed by atoms with E-state index in [-0.39, 0.29) is 6.61 Å². The molecule has 0 saturated carbocycles. The Balaban J connectivity index is 1.60. The van der Waals surface area contributed by atoms with Gasteiger partial charge in [-0.3, -0.25) is 14.3 Å². The molecule has 1 N–H and O–H groups in total. The van der Waals surface area contributed by atoms with Crippen molar-refractivity contribution < 1.29 is 9.47 Å². The van der Waals surface area contributed by atoms with Gasteiger partial charge in [-0.1, -0.05) is 0 Å². The van der Waals surface area contributed by atoms with Gasteiger partial charge >= 0.3 is 5.69 Å². The predicted octanol–water partition coefficient (Wildman–Crippen LogP) is 3.59. The minimum Gasteiger partial charge on any atom is -0.488 e. The zero-order chi connectivity index (χ0) is 21.3. The number of hydrogen-bond acceptors (Lipinski definition) is 4. The third kappa shape index (κ3) is 4.00. The number of aromatic nitrogens is 3. The molecule has 7 nitrogen and oxygen atoms in total. The fourth-order valence-electron chi connectivity index (χ4n) is 3.28. The zero-order valence-corrected chi connectivity index (χ0v) is 17.1. The number of H-pyrrole nitrogens is 1. The molecule has 0 atom stereocenters. The van der Waals surface area contributed by atoms with E-state index >= 15 is 0 Å². The van der Waals surface area contributed by atoms with Gasteiger partial charge in [0.1, 0.15) is 6.61 Å². The molecular weight excluding hydrogens is 382 g/mol. The minimum absolute atomic E-state index is 0.249. The Morgan fingerprint density at radius 3 is 2.47 bits per heavy atom.